The van der Waals surface area contributed by atoms with Crippen LogP contribution in [-0.4, -0.2) is 11.1 Å². The third kappa shape index (κ3) is 1.81. The minimum absolute atomic E-state index is 0.180. The summed E-state index contributed by atoms with van der Waals surface area (Å²) < 4.78 is 2.21. The van der Waals surface area contributed by atoms with E-state index >= 15 is 0 Å². The maximum atomic E-state index is 6.26. The van der Waals surface area contributed by atoms with Crippen molar-refractivity contribution in [1.82, 2.24) is 4.57 Å². The molecule has 3 heteroatoms. The monoisotopic (exact) mass is 276 g/mol. The van der Waals surface area contributed by atoms with E-state index in [2.05, 4.69) is 30.8 Å². The zero-order valence-electron chi connectivity index (χ0n) is 11.7. The first-order valence-electron chi connectivity index (χ1n) is 7.04. The van der Waals surface area contributed by atoms with Gasteiger partial charge in [0, 0.05) is 35.6 Å². The van der Waals surface area contributed by atoms with Crippen LogP contribution in [0.4, 0.5) is 0 Å². The molecule has 0 spiro atoms. The molecular formula is C16H21ClN2. The summed E-state index contributed by atoms with van der Waals surface area (Å²) in [5.41, 5.74) is 10.2. The van der Waals surface area contributed by atoms with E-state index in [1.807, 2.05) is 6.07 Å². The topological polar surface area (TPSA) is 30.9 Å². The van der Waals surface area contributed by atoms with Crippen molar-refractivity contribution in [3.63, 3.8) is 0 Å². The molecule has 1 aliphatic carbocycles. The molecule has 0 saturated heterocycles. The molecule has 1 saturated carbocycles. The molecule has 0 bridgehead atoms. The van der Waals surface area contributed by atoms with Gasteiger partial charge >= 0.3 is 0 Å². The molecule has 102 valence electrons. The number of fused-ring (bicyclic) bond motifs is 1. The lowest BCUT2D eigenvalue weighted by atomic mass is 9.79. The second-order valence-corrected chi connectivity index (χ2v) is 6.32. The quantitative estimate of drug-likeness (QED) is 0.886. The van der Waals surface area contributed by atoms with E-state index in [0.29, 0.717) is 0 Å². The maximum absolute atomic E-state index is 6.26. The van der Waals surface area contributed by atoms with Crippen molar-refractivity contribution in [1.29, 1.82) is 0 Å². The van der Waals surface area contributed by atoms with Crippen LogP contribution in [0.2, 0.25) is 5.02 Å². The summed E-state index contributed by atoms with van der Waals surface area (Å²) in [5.74, 6) is 0. The summed E-state index contributed by atoms with van der Waals surface area (Å²) >= 11 is 6.26. The summed E-state index contributed by atoms with van der Waals surface area (Å²) in [7, 11) is 2.11. The Morgan fingerprint density at radius 2 is 2.00 bits per heavy atom. The fraction of sp³-hybridized carbons (Fsp3) is 0.500. The van der Waals surface area contributed by atoms with Crippen molar-refractivity contribution < 1.29 is 0 Å². The third-order valence-electron chi connectivity index (χ3n) is 4.85. The molecule has 1 fully saturated rings. The first-order chi connectivity index (χ1) is 9.09. The molecule has 0 unspecified atom stereocenters. The van der Waals surface area contributed by atoms with Crippen LogP contribution in [0.1, 0.15) is 36.8 Å². The van der Waals surface area contributed by atoms with Crippen molar-refractivity contribution in [3.8, 4) is 0 Å². The van der Waals surface area contributed by atoms with E-state index in [0.717, 1.165) is 17.1 Å². The summed E-state index contributed by atoms with van der Waals surface area (Å²) in [6.45, 7) is 2.84. The molecule has 2 nitrogen and oxygen atoms in total. The number of hydrogen-bond donors (Lipinski definition) is 1. The van der Waals surface area contributed by atoms with Gasteiger partial charge in [0.2, 0.25) is 0 Å². The fourth-order valence-electron chi connectivity index (χ4n) is 3.73. The molecule has 3 rings (SSSR count). The first kappa shape index (κ1) is 13.0. The van der Waals surface area contributed by atoms with Crippen LogP contribution >= 0.6 is 11.6 Å². The largest absolute Gasteiger partial charge is 0.350 e. The molecule has 2 N–H and O–H groups in total. The zero-order valence-corrected chi connectivity index (χ0v) is 12.4. The Morgan fingerprint density at radius 1 is 1.32 bits per heavy atom. The Hall–Kier alpha value is -0.990. The summed E-state index contributed by atoms with van der Waals surface area (Å²) in [5, 5.41) is 2.17. The predicted molar refractivity (Wildman–Crippen MR) is 81.9 cm³/mol. The SMILES string of the molecule is Cc1c(Cl)ccc2c(C3(CN)CCCC3)cn(C)c12. The zero-order chi connectivity index (χ0) is 13.6. The molecule has 19 heavy (non-hydrogen) atoms. The molecule has 1 aliphatic rings. The van der Waals surface area contributed by atoms with Crippen molar-refractivity contribution in [2.45, 2.75) is 38.0 Å². The first-order valence-corrected chi connectivity index (χ1v) is 7.41. The molecule has 1 aromatic heterocycles. The number of nitrogens with two attached hydrogens (primary N) is 1. The van der Waals surface area contributed by atoms with E-state index in [1.165, 1.54) is 42.1 Å². The Labute approximate surface area is 119 Å². The Balaban J connectivity index is 2.28. The summed E-state index contributed by atoms with van der Waals surface area (Å²) in [6.07, 6.45) is 7.28. The lowest BCUT2D eigenvalue weighted by molar-refractivity contribution is 0.456. The third-order valence-corrected chi connectivity index (χ3v) is 5.26. The van der Waals surface area contributed by atoms with Crippen molar-refractivity contribution >= 4 is 22.5 Å². The summed E-state index contributed by atoms with van der Waals surface area (Å²) in [6, 6.07) is 4.18. The number of nitrogens with zero attached hydrogens (tertiary/aromatic N) is 1. The standard InChI is InChI=1S/C16H21ClN2/c1-11-14(17)6-5-12-13(9-19(2)15(11)12)16(10-18)7-3-4-8-16/h5-6,9H,3-4,7-8,10,18H2,1-2H3. The van der Waals surface area contributed by atoms with Gasteiger partial charge in [-0.1, -0.05) is 30.5 Å². The van der Waals surface area contributed by atoms with Gasteiger partial charge < -0.3 is 10.3 Å². The highest BCUT2D eigenvalue weighted by atomic mass is 35.5. The van der Waals surface area contributed by atoms with E-state index < -0.39 is 0 Å². The van der Waals surface area contributed by atoms with Crippen molar-refractivity contribution in [2.24, 2.45) is 12.8 Å². The number of rotatable bonds is 2. The van der Waals surface area contributed by atoms with E-state index in [-0.39, 0.29) is 5.41 Å². The highest BCUT2D eigenvalue weighted by Crippen LogP contribution is 2.44. The summed E-state index contributed by atoms with van der Waals surface area (Å²) in [4.78, 5) is 0. The molecular weight excluding hydrogens is 256 g/mol. The van der Waals surface area contributed by atoms with Gasteiger partial charge in [-0.05, 0) is 37.0 Å². The van der Waals surface area contributed by atoms with Crippen LogP contribution in [0.3, 0.4) is 0 Å². The molecule has 2 aromatic rings. The smallest absolute Gasteiger partial charge is 0.0525 e. The minimum atomic E-state index is 0.180. The van der Waals surface area contributed by atoms with Gasteiger partial charge in [-0.3, -0.25) is 0 Å². The number of hydrogen-bond acceptors (Lipinski definition) is 1. The fourth-order valence-corrected chi connectivity index (χ4v) is 3.89. The van der Waals surface area contributed by atoms with Crippen molar-refractivity contribution in [2.75, 3.05) is 6.54 Å². The minimum Gasteiger partial charge on any atom is -0.350 e. The van der Waals surface area contributed by atoms with Gasteiger partial charge in [0.25, 0.3) is 0 Å². The van der Waals surface area contributed by atoms with Gasteiger partial charge in [-0.25, -0.2) is 0 Å². The van der Waals surface area contributed by atoms with Crippen LogP contribution in [-0.2, 0) is 12.5 Å². The number of halogens is 1. The second kappa shape index (κ2) is 4.53. The molecule has 0 aliphatic heterocycles. The van der Waals surface area contributed by atoms with Crippen LogP contribution < -0.4 is 5.73 Å². The maximum Gasteiger partial charge on any atom is 0.0525 e. The van der Waals surface area contributed by atoms with E-state index in [1.54, 1.807) is 0 Å². The molecule has 1 heterocycles. The Morgan fingerprint density at radius 3 is 2.63 bits per heavy atom. The van der Waals surface area contributed by atoms with Gasteiger partial charge in [-0.2, -0.15) is 0 Å². The van der Waals surface area contributed by atoms with E-state index in [9.17, 15) is 0 Å². The average molecular weight is 277 g/mol. The molecule has 1 aromatic carbocycles. The molecule has 0 atom stereocenters. The lowest BCUT2D eigenvalue weighted by Crippen LogP contribution is -2.31. The van der Waals surface area contributed by atoms with Crippen LogP contribution in [0.25, 0.3) is 10.9 Å². The van der Waals surface area contributed by atoms with Crippen LogP contribution in [0.5, 0.6) is 0 Å². The predicted octanol–water partition coefficient (Wildman–Crippen LogP) is 3.91. The Kier molecular flexibility index (Phi) is 3.11. The van der Waals surface area contributed by atoms with Gasteiger partial charge in [0.1, 0.15) is 0 Å². The lowest BCUT2D eigenvalue weighted by Gasteiger charge is -2.27. The normalized spacial score (nSPS) is 18.3. The van der Waals surface area contributed by atoms with E-state index in [4.69, 9.17) is 17.3 Å². The number of aryl methyl sites for hydroxylation is 2. The highest BCUT2D eigenvalue weighted by Gasteiger charge is 2.36. The number of benzene rings is 1. The van der Waals surface area contributed by atoms with Crippen LogP contribution in [0.15, 0.2) is 18.3 Å². The highest BCUT2D eigenvalue weighted by molar-refractivity contribution is 6.32. The average Bonchev–Trinajstić information content (AvgIpc) is 3.00. The second-order valence-electron chi connectivity index (χ2n) is 5.91. The number of aromatic nitrogens is 1. The van der Waals surface area contributed by atoms with Gasteiger partial charge in [0.05, 0.1) is 5.52 Å². The van der Waals surface area contributed by atoms with Crippen LogP contribution in [0, 0.1) is 6.92 Å². The molecule has 0 radical (unpaired) electrons. The Bertz CT molecular complexity index is 621. The molecule has 0 amide bonds. The van der Waals surface area contributed by atoms with Crippen molar-refractivity contribution in [3.05, 3.63) is 34.5 Å². The van der Waals surface area contributed by atoms with Gasteiger partial charge in [-0.15, -0.1) is 0 Å². The van der Waals surface area contributed by atoms with Gasteiger partial charge in [0.15, 0.2) is 0 Å².